The van der Waals surface area contributed by atoms with Crippen LogP contribution in [-0.4, -0.2) is 68.3 Å². The predicted octanol–water partition coefficient (Wildman–Crippen LogP) is 2.18. The van der Waals surface area contributed by atoms with Crippen molar-refractivity contribution in [2.24, 2.45) is 11.8 Å². The van der Waals surface area contributed by atoms with E-state index in [1.807, 2.05) is 30.0 Å². The summed E-state index contributed by atoms with van der Waals surface area (Å²) in [7, 11) is 5.86. The van der Waals surface area contributed by atoms with Crippen LogP contribution in [0.5, 0.6) is 5.75 Å². The molecule has 4 atom stereocenters. The first-order valence-corrected chi connectivity index (χ1v) is 9.20. The fraction of sp³-hybridized carbons (Fsp3) is 0.650. The van der Waals surface area contributed by atoms with Crippen molar-refractivity contribution < 1.29 is 14.3 Å². The number of aryl methyl sites for hydroxylation is 1. The quantitative estimate of drug-likeness (QED) is 0.840. The minimum absolute atomic E-state index is 0.0660. The number of fused-ring (bicyclic) bond motifs is 1. The summed E-state index contributed by atoms with van der Waals surface area (Å²) in [6.45, 7) is 4.56. The summed E-state index contributed by atoms with van der Waals surface area (Å²) in [5, 5.41) is 0. The first-order valence-electron chi connectivity index (χ1n) is 9.20. The van der Waals surface area contributed by atoms with E-state index < -0.39 is 0 Å². The Kier molecular flexibility index (Phi) is 4.04. The average molecular weight is 344 g/mol. The van der Waals surface area contributed by atoms with Gasteiger partial charge in [-0.15, -0.1) is 0 Å². The maximum Gasteiger partial charge on any atom is 0.257 e. The molecule has 0 N–H and O–H groups in total. The van der Waals surface area contributed by atoms with E-state index in [0.717, 1.165) is 31.5 Å². The summed E-state index contributed by atoms with van der Waals surface area (Å²) in [5.41, 5.74) is 1.64. The monoisotopic (exact) mass is 344 g/mol. The van der Waals surface area contributed by atoms with Gasteiger partial charge in [-0.3, -0.25) is 4.79 Å². The van der Waals surface area contributed by atoms with Gasteiger partial charge < -0.3 is 19.3 Å². The summed E-state index contributed by atoms with van der Waals surface area (Å²) in [6.07, 6.45) is 2.59. The van der Waals surface area contributed by atoms with E-state index >= 15 is 0 Å². The predicted molar refractivity (Wildman–Crippen MR) is 96.0 cm³/mol. The van der Waals surface area contributed by atoms with Crippen LogP contribution in [-0.2, 0) is 4.74 Å². The minimum atomic E-state index is -0.112. The molecule has 1 aromatic rings. The minimum Gasteiger partial charge on any atom is -0.496 e. The number of carbonyl (C=O) groups is 1. The van der Waals surface area contributed by atoms with Gasteiger partial charge in [-0.25, -0.2) is 0 Å². The molecule has 0 unspecified atom stereocenters. The third-order valence-electron chi connectivity index (χ3n) is 6.23. The first-order chi connectivity index (χ1) is 11.9. The number of carbonyl (C=O) groups excluding carboxylic acids is 1. The molecule has 136 valence electrons. The van der Waals surface area contributed by atoms with Crippen molar-refractivity contribution in [3.05, 3.63) is 29.3 Å². The van der Waals surface area contributed by atoms with Crippen molar-refractivity contribution in [2.45, 2.75) is 31.5 Å². The number of ether oxygens (including phenoxy) is 2. The lowest BCUT2D eigenvalue weighted by atomic mass is 9.73. The Labute approximate surface area is 149 Å². The third-order valence-corrected chi connectivity index (χ3v) is 6.23. The number of benzene rings is 1. The summed E-state index contributed by atoms with van der Waals surface area (Å²) in [5.74, 6) is 1.71. The summed E-state index contributed by atoms with van der Waals surface area (Å²) < 4.78 is 11.9. The van der Waals surface area contributed by atoms with Crippen molar-refractivity contribution in [3.8, 4) is 5.75 Å². The zero-order chi connectivity index (χ0) is 17.8. The molecule has 4 rings (SSSR count). The van der Waals surface area contributed by atoms with Gasteiger partial charge in [0.2, 0.25) is 0 Å². The number of hydrogen-bond donors (Lipinski definition) is 0. The Balaban J connectivity index is 1.57. The standard InChI is InChI=1S/C20H28N2O3/c1-13-5-6-14(18(9-13)24-4)19(23)22-11-16-15(10-21(2)3)17-7-8-20(16,12-22)25-17/h5-6,9,15-17H,7-8,10-12H2,1-4H3/t15-,16+,17+,20+/m0/s1. The van der Waals surface area contributed by atoms with Gasteiger partial charge in [-0.1, -0.05) is 6.07 Å². The van der Waals surface area contributed by atoms with E-state index in [1.165, 1.54) is 0 Å². The van der Waals surface area contributed by atoms with E-state index in [4.69, 9.17) is 9.47 Å². The molecular weight excluding hydrogens is 316 g/mol. The number of nitrogens with zero attached hydrogens (tertiary/aromatic N) is 2. The Morgan fingerprint density at radius 2 is 2.24 bits per heavy atom. The average Bonchev–Trinajstić information content (AvgIpc) is 3.23. The number of likely N-dealkylation sites (tertiary alicyclic amines) is 1. The van der Waals surface area contributed by atoms with Gasteiger partial charge in [0.25, 0.3) is 5.91 Å². The Bertz CT molecular complexity index is 690. The highest BCUT2D eigenvalue weighted by atomic mass is 16.5. The molecule has 3 aliphatic heterocycles. The molecule has 5 nitrogen and oxygen atoms in total. The Morgan fingerprint density at radius 1 is 1.44 bits per heavy atom. The van der Waals surface area contributed by atoms with Crippen LogP contribution in [0, 0.1) is 18.8 Å². The number of amides is 1. The fourth-order valence-electron chi connectivity index (χ4n) is 5.16. The normalized spacial score (nSPS) is 33.2. The first kappa shape index (κ1) is 16.9. The highest BCUT2D eigenvalue weighted by Gasteiger charge is 2.63. The summed E-state index contributed by atoms with van der Waals surface area (Å²) >= 11 is 0. The van der Waals surface area contributed by atoms with Gasteiger partial charge in [0, 0.05) is 24.9 Å². The second-order valence-electron chi connectivity index (χ2n) is 8.18. The molecule has 1 aromatic carbocycles. The van der Waals surface area contributed by atoms with E-state index in [0.29, 0.717) is 35.8 Å². The van der Waals surface area contributed by atoms with Crippen LogP contribution in [0.15, 0.2) is 18.2 Å². The largest absolute Gasteiger partial charge is 0.496 e. The Hall–Kier alpha value is -1.59. The molecule has 0 aliphatic carbocycles. The smallest absolute Gasteiger partial charge is 0.257 e. The van der Waals surface area contributed by atoms with Crippen molar-refractivity contribution in [2.75, 3.05) is 40.8 Å². The second-order valence-corrected chi connectivity index (χ2v) is 8.18. The maximum absolute atomic E-state index is 13.1. The van der Waals surface area contributed by atoms with Crippen molar-refractivity contribution >= 4 is 5.91 Å². The van der Waals surface area contributed by atoms with Crippen molar-refractivity contribution in [3.63, 3.8) is 0 Å². The summed E-state index contributed by atoms with van der Waals surface area (Å²) in [6, 6.07) is 5.79. The number of rotatable bonds is 4. The van der Waals surface area contributed by atoms with Crippen molar-refractivity contribution in [1.29, 1.82) is 0 Å². The van der Waals surface area contributed by atoms with Crippen molar-refractivity contribution in [1.82, 2.24) is 9.80 Å². The topological polar surface area (TPSA) is 42.0 Å². The molecule has 3 fully saturated rings. The Morgan fingerprint density at radius 3 is 2.96 bits per heavy atom. The third kappa shape index (κ3) is 2.64. The summed E-state index contributed by atoms with van der Waals surface area (Å²) in [4.78, 5) is 17.4. The molecular formula is C20H28N2O3. The molecule has 5 heteroatoms. The molecule has 2 bridgehead atoms. The van der Waals surface area contributed by atoms with Crippen LogP contribution in [0.1, 0.15) is 28.8 Å². The van der Waals surface area contributed by atoms with E-state index in [-0.39, 0.29) is 11.5 Å². The van der Waals surface area contributed by atoms with E-state index in [9.17, 15) is 4.79 Å². The lowest BCUT2D eigenvalue weighted by molar-refractivity contribution is 0.00253. The molecule has 1 amide bonds. The van der Waals surface area contributed by atoms with Crippen LogP contribution in [0.3, 0.4) is 0 Å². The molecule has 1 spiro atoms. The van der Waals surface area contributed by atoms with Gasteiger partial charge in [-0.2, -0.15) is 0 Å². The van der Waals surface area contributed by atoms with Crippen LogP contribution < -0.4 is 4.74 Å². The van der Waals surface area contributed by atoms with Gasteiger partial charge in [0.1, 0.15) is 5.75 Å². The van der Waals surface area contributed by atoms with Gasteiger partial charge in [-0.05, 0) is 51.6 Å². The lowest BCUT2D eigenvalue weighted by Crippen LogP contribution is -2.40. The number of hydrogen-bond acceptors (Lipinski definition) is 4. The van der Waals surface area contributed by atoms with Crippen LogP contribution >= 0.6 is 0 Å². The van der Waals surface area contributed by atoms with Gasteiger partial charge in [0.05, 0.1) is 30.9 Å². The lowest BCUT2D eigenvalue weighted by Gasteiger charge is -2.30. The van der Waals surface area contributed by atoms with Gasteiger partial charge in [0.15, 0.2) is 0 Å². The van der Waals surface area contributed by atoms with Crippen LogP contribution in [0.2, 0.25) is 0 Å². The molecule has 25 heavy (non-hydrogen) atoms. The van der Waals surface area contributed by atoms with E-state index in [1.54, 1.807) is 7.11 Å². The second kappa shape index (κ2) is 5.99. The number of methoxy groups -OCH3 is 1. The molecule has 0 saturated carbocycles. The van der Waals surface area contributed by atoms with Gasteiger partial charge >= 0.3 is 0 Å². The maximum atomic E-state index is 13.1. The zero-order valence-electron chi connectivity index (χ0n) is 15.6. The highest BCUT2D eigenvalue weighted by Crippen LogP contribution is 2.55. The fourth-order valence-corrected chi connectivity index (χ4v) is 5.16. The van der Waals surface area contributed by atoms with Crippen LogP contribution in [0.4, 0.5) is 0 Å². The highest BCUT2D eigenvalue weighted by molar-refractivity contribution is 5.97. The van der Waals surface area contributed by atoms with Crippen LogP contribution in [0.25, 0.3) is 0 Å². The molecule has 3 heterocycles. The SMILES string of the molecule is COc1cc(C)ccc1C(=O)N1C[C@@H]2[C@H](CN(C)C)[C@H]3CC[C@]2(C1)O3. The molecule has 3 saturated heterocycles. The molecule has 0 aromatic heterocycles. The zero-order valence-corrected chi connectivity index (χ0v) is 15.6. The molecule has 3 aliphatic rings. The molecule has 0 radical (unpaired) electrons. The van der Waals surface area contributed by atoms with E-state index in [2.05, 4.69) is 19.0 Å².